The SMILES string of the molecule is CC=C(O)C(O)(O)O. The molecule has 0 bridgehead atoms. The van der Waals surface area contributed by atoms with Gasteiger partial charge >= 0.3 is 5.97 Å². The summed E-state index contributed by atoms with van der Waals surface area (Å²) in [6.45, 7) is 1.35. The van der Waals surface area contributed by atoms with Crippen molar-refractivity contribution in [2.75, 3.05) is 0 Å². The lowest BCUT2D eigenvalue weighted by atomic mass is 10.4. The Bertz CT molecular complexity index is 99.1. The summed E-state index contributed by atoms with van der Waals surface area (Å²) in [4.78, 5) is 0. The quantitative estimate of drug-likeness (QED) is 0.266. The van der Waals surface area contributed by atoms with Crippen molar-refractivity contribution in [2.24, 2.45) is 0 Å². The summed E-state index contributed by atoms with van der Waals surface area (Å²) < 4.78 is 0. The van der Waals surface area contributed by atoms with E-state index in [1.54, 1.807) is 0 Å². The minimum atomic E-state index is -3.07. The maximum Gasteiger partial charge on any atom is 0.337 e. The summed E-state index contributed by atoms with van der Waals surface area (Å²) in [7, 11) is 0. The lowest BCUT2D eigenvalue weighted by Gasteiger charge is -2.10. The van der Waals surface area contributed by atoms with Gasteiger partial charge < -0.3 is 20.4 Å². The van der Waals surface area contributed by atoms with Crippen molar-refractivity contribution in [1.82, 2.24) is 0 Å². The molecule has 0 aromatic heterocycles. The van der Waals surface area contributed by atoms with Crippen LogP contribution in [0.15, 0.2) is 11.8 Å². The molecular formula is C4H8O4. The zero-order chi connectivity index (χ0) is 6.78. The van der Waals surface area contributed by atoms with Crippen molar-refractivity contribution < 1.29 is 20.4 Å². The maximum absolute atomic E-state index is 8.31. The van der Waals surface area contributed by atoms with Gasteiger partial charge in [0.2, 0.25) is 0 Å². The summed E-state index contributed by atoms with van der Waals surface area (Å²) in [5, 5.41) is 32.5. The van der Waals surface area contributed by atoms with E-state index in [9.17, 15) is 0 Å². The van der Waals surface area contributed by atoms with Crippen molar-refractivity contribution >= 4 is 0 Å². The van der Waals surface area contributed by atoms with Crippen molar-refractivity contribution in [3.63, 3.8) is 0 Å². The average Bonchev–Trinajstić information content (AvgIpc) is 1.62. The number of rotatable bonds is 1. The van der Waals surface area contributed by atoms with Crippen LogP contribution in [0.5, 0.6) is 0 Å². The standard InChI is InChI=1S/C4H8O4/c1-2-3(5)4(6,7)8/h2,5-8H,1H3. The van der Waals surface area contributed by atoms with E-state index in [4.69, 9.17) is 20.4 Å². The molecule has 0 fully saturated rings. The molecule has 0 saturated carbocycles. The second-order valence-corrected chi connectivity index (χ2v) is 1.31. The largest absolute Gasteiger partial charge is 0.505 e. The van der Waals surface area contributed by atoms with Crippen molar-refractivity contribution in [3.05, 3.63) is 11.8 Å². The highest BCUT2D eigenvalue weighted by atomic mass is 16.7. The van der Waals surface area contributed by atoms with Crippen LogP contribution in [0.3, 0.4) is 0 Å². The Balaban J connectivity index is 4.03. The first-order chi connectivity index (χ1) is 3.48. The number of aliphatic hydroxyl groups excluding tert-OH is 1. The Morgan fingerprint density at radius 3 is 1.75 bits per heavy atom. The van der Waals surface area contributed by atoms with E-state index >= 15 is 0 Å². The molecule has 4 N–H and O–H groups in total. The van der Waals surface area contributed by atoms with Crippen LogP contribution in [-0.4, -0.2) is 26.4 Å². The summed E-state index contributed by atoms with van der Waals surface area (Å²) in [6, 6.07) is 0. The molecule has 0 aromatic carbocycles. The molecule has 8 heavy (non-hydrogen) atoms. The van der Waals surface area contributed by atoms with Crippen molar-refractivity contribution in [2.45, 2.75) is 12.9 Å². The van der Waals surface area contributed by atoms with E-state index in [2.05, 4.69) is 0 Å². The van der Waals surface area contributed by atoms with Crippen LogP contribution in [-0.2, 0) is 0 Å². The Morgan fingerprint density at radius 2 is 1.75 bits per heavy atom. The van der Waals surface area contributed by atoms with Gasteiger partial charge in [0, 0.05) is 0 Å². The molecule has 0 unspecified atom stereocenters. The highest BCUT2D eigenvalue weighted by molar-refractivity contribution is 4.93. The summed E-state index contributed by atoms with van der Waals surface area (Å²) in [5.41, 5.74) is 0. The first-order valence-electron chi connectivity index (χ1n) is 2.01. The Labute approximate surface area is 46.3 Å². The normalized spacial score (nSPS) is 14.2. The van der Waals surface area contributed by atoms with E-state index in [0.29, 0.717) is 0 Å². The molecule has 0 amide bonds. The molecule has 0 atom stereocenters. The molecule has 4 nitrogen and oxygen atoms in total. The summed E-state index contributed by atoms with van der Waals surface area (Å²) >= 11 is 0. The zero-order valence-electron chi connectivity index (χ0n) is 4.37. The predicted molar refractivity (Wildman–Crippen MR) is 25.8 cm³/mol. The van der Waals surface area contributed by atoms with Crippen LogP contribution in [0.25, 0.3) is 0 Å². The summed E-state index contributed by atoms with van der Waals surface area (Å²) in [5.74, 6) is -3.95. The van der Waals surface area contributed by atoms with Crippen molar-refractivity contribution in [3.8, 4) is 0 Å². The molecule has 0 rings (SSSR count). The minimum Gasteiger partial charge on any atom is -0.505 e. The highest BCUT2D eigenvalue weighted by Crippen LogP contribution is 2.03. The summed E-state index contributed by atoms with van der Waals surface area (Å²) in [6.07, 6.45) is 0.972. The van der Waals surface area contributed by atoms with Gasteiger partial charge in [-0.05, 0) is 13.0 Å². The van der Waals surface area contributed by atoms with Gasteiger partial charge in [-0.15, -0.1) is 0 Å². The fourth-order valence-electron chi connectivity index (χ4n) is 0.194. The van der Waals surface area contributed by atoms with E-state index < -0.39 is 11.7 Å². The lowest BCUT2D eigenvalue weighted by Crippen LogP contribution is -2.29. The van der Waals surface area contributed by atoms with Gasteiger partial charge in [-0.1, -0.05) is 0 Å². The molecule has 0 aliphatic carbocycles. The third-order valence-corrected chi connectivity index (χ3v) is 0.617. The van der Waals surface area contributed by atoms with Crippen molar-refractivity contribution in [1.29, 1.82) is 0 Å². The topological polar surface area (TPSA) is 80.9 Å². The number of hydrogen-bond acceptors (Lipinski definition) is 4. The van der Waals surface area contributed by atoms with Crippen LogP contribution < -0.4 is 0 Å². The average molecular weight is 120 g/mol. The third kappa shape index (κ3) is 1.92. The molecule has 0 aliphatic rings. The Morgan fingerprint density at radius 1 is 1.38 bits per heavy atom. The van der Waals surface area contributed by atoms with Gasteiger partial charge in [0.25, 0.3) is 0 Å². The number of hydrogen-bond donors (Lipinski definition) is 4. The second kappa shape index (κ2) is 2.13. The third-order valence-electron chi connectivity index (χ3n) is 0.617. The van der Waals surface area contributed by atoms with Crippen LogP contribution in [0.4, 0.5) is 0 Å². The molecule has 0 aromatic rings. The molecule has 4 heteroatoms. The number of allylic oxidation sites excluding steroid dienone is 1. The highest BCUT2D eigenvalue weighted by Gasteiger charge is 2.22. The van der Waals surface area contributed by atoms with Gasteiger partial charge in [0.05, 0.1) is 0 Å². The van der Waals surface area contributed by atoms with Gasteiger partial charge in [-0.25, -0.2) is 0 Å². The molecular weight excluding hydrogens is 112 g/mol. The Kier molecular flexibility index (Phi) is 1.97. The zero-order valence-corrected chi connectivity index (χ0v) is 4.37. The number of aliphatic hydroxyl groups is 4. The van der Waals surface area contributed by atoms with E-state index in [1.165, 1.54) is 6.92 Å². The monoisotopic (exact) mass is 120 g/mol. The minimum absolute atomic E-state index is 0.877. The van der Waals surface area contributed by atoms with E-state index in [1.807, 2.05) is 0 Å². The fourth-order valence-corrected chi connectivity index (χ4v) is 0.194. The van der Waals surface area contributed by atoms with Crippen LogP contribution in [0, 0.1) is 0 Å². The van der Waals surface area contributed by atoms with Gasteiger partial charge in [0.15, 0.2) is 5.76 Å². The fraction of sp³-hybridized carbons (Fsp3) is 0.500. The van der Waals surface area contributed by atoms with Crippen LogP contribution in [0.2, 0.25) is 0 Å². The lowest BCUT2D eigenvalue weighted by molar-refractivity contribution is -0.298. The van der Waals surface area contributed by atoms with Gasteiger partial charge in [-0.3, -0.25) is 0 Å². The van der Waals surface area contributed by atoms with Crippen LogP contribution in [0.1, 0.15) is 6.92 Å². The molecule has 0 spiro atoms. The van der Waals surface area contributed by atoms with Gasteiger partial charge in [-0.2, -0.15) is 0 Å². The molecule has 0 saturated heterocycles. The second-order valence-electron chi connectivity index (χ2n) is 1.31. The molecule has 0 radical (unpaired) electrons. The first kappa shape index (κ1) is 7.42. The maximum atomic E-state index is 8.31. The van der Waals surface area contributed by atoms with Crippen LogP contribution >= 0.6 is 0 Å². The molecule has 48 valence electrons. The van der Waals surface area contributed by atoms with E-state index in [-0.39, 0.29) is 0 Å². The predicted octanol–water partition coefficient (Wildman–Crippen LogP) is -0.921. The molecule has 0 heterocycles. The smallest absolute Gasteiger partial charge is 0.337 e. The van der Waals surface area contributed by atoms with E-state index in [0.717, 1.165) is 6.08 Å². The molecule has 0 aliphatic heterocycles. The Hall–Kier alpha value is -0.580. The van der Waals surface area contributed by atoms with Gasteiger partial charge in [0.1, 0.15) is 0 Å². The first-order valence-corrected chi connectivity index (χ1v) is 2.01.